The molecule has 0 spiro atoms. The fourth-order valence-corrected chi connectivity index (χ4v) is 2.01. The highest BCUT2D eigenvalue weighted by molar-refractivity contribution is 5.92. The van der Waals surface area contributed by atoms with Crippen molar-refractivity contribution >= 4 is 11.6 Å². The van der Waals surface area contributed by atoms with E-state index in [9.17, 15) is 9.90 Å². The van der Waals surface area contributed by atoms with Crippen molar-refractivity contribution < 1.29 is 9.90 Å². The predicted octanol–water partition coefficient (Wildman–Crippen LogP) is 0.844. The highest BCUT2D eigenvalue weighted by Crippen LogP contribution is 2.20. The van der Waals surface area contributed by atoms with Gasteiger partial charge in [0.2, 0.25) is 5.91 Å². The highest BCUT2D eigenvalue weighted by atomic mass is 16.3. The van der Waals surface area contributed by atoms with E-state index in [4.69, 9.17) is 0 Å². The Kier molecular flexibility index (Phi) is 3.84. The first-order valence-electron chi connectivity index (χ1n) is 6.05. The molecule has 0 bridgehead atoms. The number of carbonyl (C=O) groups is 1. The van der Waals surface area contributed by atoms with Gasteiger partial charge in [0, 0.05) is 24.8 Å². The zero-order valence-electron chi connectivity index (χ0n) is 10.8. The first-order valence-corrected chi connectivity index (χ1v) is 6.05. The van der Waals surface area contributed by atoms with Gasteiger partial charge in [-0.3, -0.25) is 14.6 Å². The van der Waals surface area contributed by atoms with Crippen LogP contribution in [0, 0.1) is 6.92 Å². The summed E-state index contributed by atoms with van der Waals surface area (Å²) in [7, 11) is 2.04. The van der Waals surface area contributed by atoms with Crippen LogP contribution < -0.4 is 5.32 Å². The maximum atomic E-state index is 11.8. The average molecular weight is 249 g/mol. The molecular weight excluding hydrogens is 230 g/mol. The first-order chi connectivity index (χ1) is 8.54. The Labute approximate surface area is 107 Å². The minimum atomic E-state index is -0.0476. The largest absolute Gasteiger partial charge is 0.508 e. The Bertz CT molecular complexity index is 448. The number of aryl methyl sites for hydroxylation is 1. The molecule has 1 amide bonds. The minimum absolute atomic E-state index is 0.0476. The molecule has 0 radical (unpaired) electrons. The number of likely N-dealkylation sites (N-methyl/N-ethyl adjacent to an activating group) is 1. The summed E-state index contributed by atoms with van der Waals surface area (Å²) < 4.78 is 0. The molecule has 18 heavy (non-hydrogen) atoms. The van der Waals surface area contributed by atoms with Crippen molar-refractivity contribution in [2.24, 2.45) is 0 Å². The molecule has 0 saturated carbocycles. The van der Waals surface area contributed by atoms with Crippen molar-refractivity contribution in [2.75, 3.05) is 38.7 Å². The lowest BCUT2D eigenvalue weighted by Gasteiger charge is -2.15. The smallest absolute Gasteiger partial charge is 0.238 e. The fourth-order valence-electron chi connectivity index (χ4n) is 2.01. The number of benzene rings is 1. The Balaban J connectivity index is 1.89. The van der Waals surface area contributed by atoms with Gasteiger partial charge in [0.25, 0.3) is 0 Å². The van der Waals surface area contributed by atoms with Gasteiger partial charge >= 0.3 is 0 Å². The minimum Gasteiger partial charge on any atom is -0.508 e. The summed E-state index contributed by atoms with van der Waals surface area (Å²) in [5.74, 6) is 0.155. The summed E-state index contributed by atoms with van der Waals surface area (Å²) in [6.45, 7) is 4.95. The maximum Gasteiger partial charge on any atom is 0.238 e. The van der Waals surface area contributed by atoms with E-state index in [1.54, 1.807) is 18.2 Å². The highest BCUT2D eigenvalue weighted by Gasteiger charge is 2.18. The van der Waals surface area contributed by atoms with Gasteiger partial charge in [-0.15, -0.1) is 0 Å². The van der Waals surface area contributed by atoms with E-state index in [-0.39, 0.29) is 11.7 Å². The van der Waals surface area contributed by atoms with Crippen molar-refractivity contribution in [3.8, 4) is 5.75 Å². The van der Waals surface area contributed by atoms with Crippen LogP contribution in [0.3, 0.4) is 0 Å². The topological polar surface area (TPSA) is 55.8 Å². The van der Waals surface area contributed by atoms with E-state index < -0.39 is 0 Å². The average Bonchev–Trinajstić information content (AvgIpc) is 2.69. The van der Waals surface area contributed by atoms with Gasteiger partial charge in [-0.05, 0) is 25.6 Å². The van der Waals surface area contributed by atoms with E-state index in [2.05, 4.69) is 15.1 Å². The zero-order chi connectivity index (χ0) is 13.1. The van der Waals surface area contributed by atoms with Gasteiger partial charge in [-0.2, -0.15) is 0 Å². The van der Waals surface area contributed by atoms with Gasteiger partial charge in [-0.25, -0.2) is 0 Å². The monoisotopic (exact) mass is 249 g/mol. The molecule has 2 N–H and O–H groups in total. The van der Waals surface area contributed by atoms with Crippen LogP contribution in [-0.4, -0.2) is 54.2 Å². The van der Waals surface area contributed by atoms with E-state index >= 15 is 0 Å². The Hall–Kier alpha value is -1.59. The molecular formula is C13H19N3O2. The standard InChI is InChI=1S/C13H19N3O2/c1-10-3-4-11(7-12(10)17)14-13(18)8-16-6-5-15(2)9-16/h3-4,7,17H,5-6,8-9H2,1-2H3,(H,14,18). The number of hydrogen-bond acceptors (Lipinski definition) is 4. The summed E-state index contributed by atoms with van der Waals surface area (Å²) in [6, 6.07) is 5.15. The number of phenols is 1. The number of nitrogens with one attached hydrogen (secondary N) is 1. The van der Waals surface area contributed by atoms with Gasteiger partial charge in [0.15, 0.2) is 0 Å². The number of rotatable bonds is 3. The summed E-state index contributed by atoms with van der Waals surface area (Å²) in [5, 5.41) is 12.4. The third kappa shape index (κ3) is 3.21. The normalized spacial score (nSPS) is 17.0. The van der Waals surface area contributed by atoms with E-state index in [0.29, 0.717) is 12.2 Å². The Morgan fingerprint density at radius 3 is 2.83 bits per heavy atom. The summed E-state index contributed by atoms with van der Waals surface area (Å²) in [5.41, 5.74) is 1.44. The lowest BCUT2D eigenvalue weighted by atomic mass is 10.2. The molecule has 98 valence electrons. The number of hydrogen-bond donors (Lipinski definition) is 2. The van der Waals surface area contributed by atoms with Gasteiger partial charge < -0.3 is 10.4 Å². The molecule has 0 aromatic heterocycles. The zero-order valence-corrected chi connectivity index (χ0v) is 10.8. The quantitative estimate of drug-likeness (QED) is 0.833. The second-order valence-electron chi connectivity index (χ2n) is 4.82. The number of anilines is 1. The molecule has 2 rings (SSSR count). The molecule has 1 aromatic rings. The SMILES string of the molecule is Cc1ccc(NC(=O)CN2CCN(C)C2)cc1O. The van der Waals surface area contributed by atoms with Gasteiger partial charge in [0.05, 0.1) is 13.2 Å². The van der Waals surface area contributed by atoms with Gasteiger partial charge in [-0.1, -0.05) is 6.07 Å². The van der Waals surface area contributed by atoms with Crippen molar-refractivity contribution in [3.63, 3.8) is 0 Å². The second-order valence-corrected chi connectivity index (χ2v) is 4.82. The van der Waals surface area contributed by atoms with Crippen molar-refractivity contribution in [3.05, 3.63) is 23.8 Å². The third-order valence-corrected chi connectivity index (χ3v) is 3.10. The van der Waals surface area contributed by atoms with Crippen LogP contribution in [0.4, 0.5) is 5.69 Å². The molecule has 5 nitrogen and oxygen atoms in total. The number of carbonyl (C=O) groups excluding carboxylic acids is 1. The molecule has 1 aliphatic heterocycles. The van der Waals surface area contributed by atoms with Crippen molar-refractivity contribution in [1.29, 1.82) is 0 Å². The van der Waals surface area contributed by atoms with Crippen LogP contribution in [0.5, 0.6) is 5.75 Å². The molecule has 1 heterocycles. The van der Waals surface area contributed by atoms with Crippen molar-refractivity contribution in [2.45, 2.75) is 6.92 Å². The maximum absolute atomic E-state index is 11.8. The Morgan fingerprint density at radius 1 is 1.44 bits per heavy atom. The summed E-state index contributed by atoms with van der Waals surface area (Å²) >= 11 is 0. The Morgan fingerprint density at radius 2 is 2.22 bits per heavy atom. The number of phenolic OH excluding ortho intramolecular Hbond substituents is 1. The van der Waals surface area contributed by atoms with E-state index in [1.807, 2.05) is 14.0 Å². The second kappa shape index (κ2) is 5.37. The predicted molar refractivity (Wildman–Crippen MR) is 70.5 cm³/mol. The number of aromatic hydroxyl groups is 1. The number of nitrogens with zero attached hydrogens (tertiary/aromatic N) is 2. The fraction of sp³-hybridized carbons (Fsp3) is 0.462. The van der Waals surface area contributed by atoms with Gasteiger partial charge in [0.1, 0.15) is 5.75 Å². The van der Waals surface area contributed by atoms with Crippen LogP contribution in [0.2, 0.25) is 0 Å². The lowest BCUT2D eigenvalue weighted by molar-refractivity contribution is -0.117. The van der Waals surface area contributed by atoms with Crippen LogP contribution in [0.1, 0.15) is 5.56 Å². The molecule has 1 saturated heterocycles. The molecule has 1 aliphatic rings. The van der Waals surface area contributed by atoms with Crippen molar-refractivity contribution in [1.82, 2.24) is 9.80 Å². The molecule has 0 unspecified atom stereocenters. The molecule has 0 aliphatic carbocycles. The van der Waals surface area contributed by atoms with Crippen LogP contribution in [0.25, 0.3) is 0 Å². The summed E-state index contributed by atoms with van der Waals surface area (Å²) in [6.07, 6.45) is 0. The van der Waals surface area contributed by atoms with E-state index in [1.165, 1.54) is 0 Å². The van der Waals surface area contributed by atoms with Crippen LogP contribution >= 0.6 is 0 Å². The molecule has 1 fully saturated rings. The van der Waals surface area contributed by atoms with Crippen LogP contribution in [0.15, 0.2) is 18.2 Å². The molecule has 0 atom stereocenters. The van der Waals surface area contributed by atoms with E-state index in [0.717, 1.165) is 25.3 Å². The molecule has 5 heteroatoms. The number of amides is 1. The lowest BCUT2D eigenvalue weighted by Crippen LogP contribution is -2.32. The summed E-state index contributed by atoms with van der Waals surface area (Å²) in [4.78, 5) is 16.1. The first kappa shape index (κ1) is 12.9. The third-order valence-electron chi connectivity index (χ3n) is 3.10. The van der Waals surface area contributed by atoms with Crippen LogP contribution in [-0.2, 0) is 4.79 Å². The molecule has 1 aromatic carbocycles.